The van der Waals surface area contributed by atoms with Gasteiger partial charge in [0.2, 0.25) is 0 Å². The van der Waals surface area contributed by atoms with Crippen LogP contribution in [-0.4, -0.2) is 70.3 Å². The highest BCUT2D eigenvalue weighted by Gasteiger charge is 2.29. The van der Waals surface area contributed by atoms with Crippen LogP contribution in [0.1, 0.15) is 16.2 Å². The van der Waals surface area contributed by atoms with Crippen molar-refractivity contribution in [3.05, 3.63) is 45.8 Å². The third-order valence-corrected chi connectivity index (χ3v) is 3.86. The molecule has 142 valence electrons. The first-order valence-corrected chi connectivity index (χ1v) is 8.15. The maximum Gasteiger partial charge on any atom is 0.347 e. The normalized spacial score (nSPS) is 11.2. The van der Waals surface area contributed by atoms with E-state index in [0.717, 1.165) is 0 Å². The molecular weight excluding hydrogens is 344 g/mol. The van der Waals surface area contributed by atoms with Crippen molar-refractivity contribution in [1.29, 1.82) is 0 Å². The standard InChI is InChI=1S/C16H22N4O6/c21-8-5-17-16(24)15-14(11-18(6-9-22)7-10-23)19(25)12-3-1-2-4-13(12)20(15)26/h1-4,21-23H,5-11H2,(H,17,24). The van der Waals surface area contributed by atoms with E-state index < -0.39 is 5.91 Å². The predicted molar refractivity (Wildman–Crippen MR) is 92.9 cm³/mol. The van der Waals surface area contributed by atoms with Gasteiger partial charge in [0.05, 0.1) is 24.2 Å². The Morgan fingerprint density at radius 2 is 1.81 bits per heavy atom. The maximum absolute atomic E-state index is 12.8. The van der Waals surface area contributed by atoms with E-state index in [1.54, 1.807) is 17.0 Å². The molecule has 1 aromatic heterocycles. The van der Waals surface area contributed by atoms with E-state index >= 15 is 0 Å². The van der Waals surface area contributed by atoms with Crippen molar-refractivity contribution in [2.45, 2.75) is 6.54 Å². The smallest absolute Gasteiger partial charge is 0.347 e. The number of aliphatic hydroxyl groups is 3. The van der Waals surface area contributed by atoms with Crippen LogP contribution in [0, 0.1) is 10.1 Å². The number of rotatable bonds is 9. The zero-order chi connectivity index (χ0) is 19.1. The number of aliphatic hydroxyl groups excluding tert-OH is 3. The lowest BCUT2D eigenvalue weighted by Gasteiger charge is -2.25. The lowest BCUT2D eigenvalue weighted by molar-refractivity contribution is -0.468. The van der Waals surface area contributed by atoms with Crippen molar-refractivity contribution in [2.24, 2.45) is 0 Å². The first-order chi connectivity index (χ1) is 12.5. The quantitative estimate of drug-likeness (QED) is 0.392. The van der Waals surface area contributed by atoms with Gasteiger partial charge in [0.1, 0.15) is 11.2 Å². The summed E-state index contributed by atoms with van der Waals surface area (Å²) in [6.45, 7) is -0.605. The molecule has 1 heterocycles. The molecule has 0 radical (unpaired) electrons. The van der Waals surface area contributed by atoms with E-state index in [2.05, 4.69) is 5.32 Å². The predicted octanol–water partition coefficient (Wildman–Crippen LogP) is -1.59. The third kappa shape index (κ3) is 4.17. The third-order valence-electron chi connectivity index (χ3n) is 3.86. The average Bonchev–Trinajstić information content (AvgIpc) is 2.64. The van der Waals surface area contributed by atoms with E-state index in [0.29, 0.717) is 9.16 Å². The Kier molecular flexibility index (Phi) is 7.04. The summed E-state index contributed by atoms with van der Waals surface area (Å²) in [6.07, 6.45) is 0. The Labute approximate surface area is 149 Å². The minimum absolute atomic E-state index is 0.0382. The zero-order valence-electron chi connectivity index (χ0n) is 14.2. The Hall–Kier alpha value is -2.53. The van der Waals surface area contributed by atoms with Gasteiger partial charge in [-0.2, -0.15) is 0 Å². The molecule has 0 unspecified atom stereocenters. The van der Waals surface area contributed by atoms with E-state index in [1.165, 1.54) is 12.1 Å². The molecule has 0 atom stereocenters. The van der Waals surface area contributed by atoms with Crippen molar-refractivity contribution in [3.63, 3.8) is 0 Å². The molecule has 0 bridgehead atoms. The van der Waals surface area contributed by atoms with Gasteiger partial charge in [-0.05, 0) is 6.07 Å². The lowest BCUT2D eigenvalue weighted by Crippen LogP contribution is -2.40. The maximum atomic E-state index is 12.8. The average molecular weight is 366 g/mol. The zero-order valence-corrected chi connectivity index (χ0v) is 14.2. The summed E-state index contributed by atoms with van der Waals surface area (Å²) in [4.78, 5) is 26.7. The number of para-hydroxylation sites is 2. The number of aromatic nitrogens is 2. The Morgan fingerprint density at radius 1 is 1.15 bits per heavy atom. The van der Waals surface area contributed by atoms with Crippen LogP contribution in [0.4, 0.5) is 0 Å². The second-order valence-corrected chi connectivity index (χ2v) is 5.58. The highest BCUT2D eigenvalue weighted by Crippen LogP contribution is 2.16. The summed E-state index contributed by atoms with van der Waals surface area (Å²) in [6, 6.07) is 6.08. The van der Waals surface area contributed by atoms with Crippen LogP contribution >= 0.6 is 0 Å². The number of hydrogen-bond donors (Lipinski definition) is 4. The van der Waals surface area contributed by atoms with Crippen LogP contribution in [0.25, 0.3) is 11.0 Å². The summed E-state index contributed by atoms with van der Waals surface area (Å²) in [7, 11) is 0. The number of fused-ring (bicyclic) bond motifs is 1. The highest BCUT2D eigenvalue weighted by atomic mass is 16.5. The summed E-state index contributed by atoms with van der Waals surface area (Å²) in [5.74, 6) is -0.785. The van der Waals surface area contributed by atoms with Gasteiger partial charge in [-0.15, -0.1) is 0 Å². The fraction of sp³-hybridized carbons (Fsp3) is 0.438. The van der Waals surface area contributed by atoms with E-state index in [1.807, 2.05) is 0 Å². The van der Waals surface area contributed by atoms with Crippen molar-refractivity contribution >= 4 is 16.9 Å². The summed E-state index contributed by atoms with van der Waals surface area (Å²) >= 11 is 0. The van der Waals surface area contributed by atoms with Gasteiger partial charge in [0.25, 0.3) is 5.52 Å². The number of carbonyl (C=O) groups is 1. The highest BCUT2D eigenvalue weighted by molar-refractivity contribution is 5.93. The van der Waals surface area contributed by atoms with Crippen molar-refractivity contribution in [2.75, 3.05) is 39.5 Å². The van der Waals surface area contributed by atoms with Crippen LogP contribution in [0.5, 0.6) is 0 Å². The van der Waals surface area contributed by atoms with E-state index in [-0.39, 0.29) is 68.4 Å². The summed E-state index contributed by atoms with van der Waals surface area (Å²) in [5.41, 5.74) is -0.343. The van der Waals surface area contributed by atoms with E-state index in [4.69, 9.17) is 15.3 Å². The summed E-state index contributed by atoms with van der Waals surface area (Å²) < 4.78 is 0.904. The van der Waals surface area contributed by atoms with Crippen molar-refractivity contribution in [3.8, 4) is 0 Å². The molecule has 4 N–H and O–H groups in total. The van der Waals surface area contributed by atoms with Crippen LogP contribution in [0.15, 0.2) is 24.3 Å². The molecule has 0 fully saturated rings. The molecule has 0 aliphatic heterocycles. The molecule has 0 aliphatic rings. The first kappa shape index (κ1) is 19.8. The van der Waals surface area contributed by atoms with Crippen LogP contribution in [0.2, 0.25) is 0 Å². The number of nitrogens with zero attached hydrogens (tertiary/aromatic N) is 3. The molecule has 10 nitrogen and oxygen atoms in total. The lowest BCUT2D eigenvalue weighted by atomic mass is 10.2. The molecule has 2 aromatic rings. The Bertz CT molecular complexity index is 816. The van der Waals surface area contributed by atoms with Gasteiger partial charge in [0.15, 0.2) is 0 Å². The van der Waals surface area contributed by atoms with Crippen molar-refractivity contribution in [1.82, 2.24) is 14.9 Å². The molecule has 2 rings (SSSR count). The van der Waals surface area contributed by atoms with Gasteiger partial charge in [-0.25, -0.2) is 0 Å². The fourth-order valence-corrected chi connectivity index (χ4v) is 2.67. The van der Waals surface area contributed by atoms with Gasteiger partial charge in [0, 0.05) is 37.2 Å². The first-order valence-electron chi connectivity index (χ1n) is 8.15. The number of benzene rings is 1. The fourth-order valence-electron chi connectivity index (χ4n) is 2.67. The molecular formula is C16H22N4O6. The minimum Gasteiger partial charge on any atom is -0.805 e. The Morgan fingerprint density at radius 3 is 2.42 bits per heavy atom. The summed E-state index contributed by atoms with van der Waals surface area (Å²) in [5, 5.41) is 42.4. The second-order valence-electron chi connectivity index (χ2n) is 5.58. The number of carbonyl (C=O) groups excluding carboxylic acids is 1. The van der Waals surface area contributed by atoms with Crippen LogP contribution in [-0.2, 0) is 6.54 Å². The van der Waals surface area contributed by atoms with Gasteiger partial charge >= 0.3 is 11.6 Å². The molecule has 0 spiro atoms. The van der Waals surface area contributed by atoms with Gasteiger partial charge in [-0.1, -0.05) is 12.1 Å². The van der Waals surface area contributed by atoms with E-state index in [9.17, 15) is 14.9 Å². The molecule has 0 saturated carbocycles. The number of hydrogen-bond acceptors (Lipinski definition) is 7. The van der Waals surface area contributed by atoms with Gasteiger partial charge in [-0.3, -0.25) is 9.69 Å². The van der Waals surface area contributed by atoms with Crippen molar-refractivity contribution < 1.29 is 24.5 Å². The second kappa shape index (κ2) is 9.25. The van der Waals surface area contributed by atoms with Gasteiger partial charge < -0.3 is 30.6 Å². The minimum atomic E-state index is -0.785. The van der Waals surface area contributed by atoms with Crippen LogP contribution < -0.4 is 9.74 Å². The topological polar surface area (TPSA) is 144 Å². The molecule has 0 aliphatic carbocycles. The SMILES string of the molecule is O=C(NCCO)c1c(CN(CCO)CCO)n([O-])c2ccccc2[n+]1=O. The molecule has 0 saturated heterocycles. The molecule has 10 heteroatoms. The monoisotopic (exact) mass is 366 g/mol. The largest absolute Gasteiger partial charge is 0.805 e. The Balaban J connectivity index is 2.62. The molecule has 1 amide bonds. The van der Waals surface area contributed by atoms with Crippen LogP contribution in [0.3, 0.4) is 0 Å². The molecule has 1 aromatic carbocycles. The number of amides is 1. The molecule has 26 heavy (non-hydrogen) atoms. The number of nitrogens with one attached hydrogen (secondary N) is 1.